The molecule has 0 unspecified atom stereocenters. The number of aromatic nitrogens is 1. The first-order valence-electron chi connectivity index (χ1n) is 4.35. The number of carbonyl (C=O) groups excluding carboxylic acids is 1. The van der Waals surface area contributed by atoms with Gasteiger partial charge in [-0.2, -0.15) is 0 Å². The minimum Gasteiger partial charge on any atom is -0.335 e. The molecule has 0 amide bonds. The maximum absolute atomic E-state index is 11.3. The van der Waals surface area contributed by atoms with Crippen LogP contribution in [0.1, 0.15) is 17.3 Å². The van der Waals surface area contributed by atoms with Gasteiger partial charge in [0.1, 0.15) is 6.29 Å². The third-order valence-electron chi connectivity index (χ3n) is 2.13. The van der Waals surface area contributed by atoms with Crippen LogP contribution in [0.2, 0.25) is 0 Å². The second-order valence-electron chi connectivity index (χ2n) is 2.97. The lowest BCUT2D eigenvalue weighted by molar-refractivity contribution is 0.112. The topological polar surface area (TPSA) is 52.2 Å². The van der Waals surface area contributed by atoms with Crippen molar-refractivity contribution in [2.45, 2.75) is 13.5 Å². The Hall–Kier alpha value is -1.84. The van der Waals surface area contributed by atoms with Crippen molar-refractivity contribution < 1.29 is 9.32 Å². The van der Waals surface area contributed by atoms with Crippen molar-refractivity contribution in [1.29, 1.82) is 0 Å². The molecule has 0 fully saturated rings. The Morgan fingerprint density at radius 1 is 1.50 bits per heavy atom. The van der Waals surface area contributed by atoms with Gasteiger partial charge in [-0.1, -0.05) is 6.07 Å². The van der Waals surface area contributed by atoms with E-state index in [4.69, 9.17) is 4.52 Å². The molecule has 14 heavy (non-hydrogen) atoms. The fourth-order valence-corrected chi connectivity index (χ4v) is 1.43. The predicted molar refractivity (Wildman–Crippen MR) is 51.5 cm³/mol. The van der Waals surface area contributed by atoms with Gasteiger partial charge in [-0.15, -0.1) is 0 Å². The van der Waals surface area contributed by atoms with Crippen LogP contribution in [0.15, 0.2) is 27.5 Å². The summed E-state index contributed by atoms with van der Waals surface area (Å²) < 4.78 is 6.44. The molecule has 0 atom stereocenters. The largest absolute Gasteiger partial charge is 0.365 e. The van der Waals surface area contributed by atoms with E-state index in [1.54, 1.807) is 18.2 Å². The van der Waals surface area contributed by atoms with Crippen molar-refractivity contribution in [2.24, 2.45) is 0 Å². The summed E-state index contributed by atoms with van der Waals surface area (Å²) in [5.41, 5.74) is 0.849. The van der Waals surface area contributed by atoms with Crippen molar-refractivity contribution in [1.82, 2.24) is 4.74 Å². The van der Waals surface area contributed by atoms with Crippen molar-refractivity contribution in [3.8, 4) is 0 Å². The molecule has 0 saturated heterocycles. The van der Waals surface area contributed by atoms with E-state index in [1.807, 2.05) is 6.92 Å². The molecular formula is C10H9NO3. The van der Waals surface area contributed by atoms with Gasteiger partial charge in [0.25, 0.3) is 0 Å². The lowest BCUT2D eigenvalue weighted by Gasteiger charge is -1.96. The molecule has 0 aliphatic carbocycles. The Labute approximate surface area is 79.7 Å². The Balaban J connectivity index is 2.84. The maximum atomic E-state index is 11.3. The van der Waals surface area contributed by atoms with E-state index in [9.17, 15) is 9.59 Å². The van der Waals surface area contributed by atoms with Gasteiger partial charge in [0.2, 0.25) is 0 Å². The number of carbonyl (C=O) groups is 1. The number of aryl methyl sites for hydroxylation is 1. The first kappa shape index (κ1) is 8.74. The van der Waals surface area contributed by atoms with Crippen LogP contribution >= 0.6 is 0 Å². The molecule has 0 bridgehead atoms. The minimum absolute atomic E-state index is 0.362. The summed E-state index contributed by atoms with van der Waals surface area (Å²) in [6, 6.07) is 4.86. The van der Waals surface area contributed by atoms with Crippen LogP contribution in [0, 0.1) is 0 Å². The van der Waals surface area contributed by atoms with E-state index < -0.39 is 0 Å². The quantitative estimate of drug-likeness (QED) is 0.674. The SMILES string of the molecule is CCn1oc(=O)c2ccc(C=O)cc21. The Morgan fingerprint density at radius 2 is 2.29 bits per heavy atom. The van der Waals surface area contributed by atoms with Crippen LogP contribution in [0.4, 0.5) is 0 Å². The molecule has 0 aliphatic heterocycles. The normalized spacial score (nSPS) is 10.6. The molecule has 2 aromatic rings. The molecule has 0 spiro atoms. The van der Waals surface area contributed by atoms with Crippen molar-refractivity contribution in [3.63, 3.8) is 0 Å². The van der Waals surface area contributed by atoms with Gasteiger partial charge >= 0.3 is 5.63 Å². The smallest absolute Gasteiger partial charge is 0.335 e. The van der Waals surface area contributed by atoms with Crippen LogP contribution in [-0.2, 0) is 6.54 Å². The van der Waals surface area contributed by atoms with Crippen molar-refractivity contribution >= 4 is 17.2 Å². The first-order valence-corrected chi connectivity index (χ1v) is 4.35. The zero-order chi connectivity index (χ0) is 10.1. The Bertz CT molecular complexity index is 536. The lowest BCUT2D eigenvalue weighted by atomic mass is 10.2. The molecule has 0 N–H and O–H groups in total. The van der Waals surface area contributed by atoms with Gasteiger partial charge in [-0.25, -0.2) is 9.53 Å². The molecule has 0 saturated carbocycles. The minimum atomic E-state index is -0.362. The second-order valence-corrected chi connectivity index (χ2v) is 2.97. The van der Waals surface area contributed by atoms with Crippen LogP contribution in [-0.4, -0.2) is 11.0 Å². The van der Waals surface area contributed by atoms with E-state index in [-0.39, 0.29) is 5.63 Å². The number of rotatable bonds is 2. The fraction of sp³-hybridized carbons (Fsp3) is 0.200. The summed E-state index contributed by atoms with van der Waals surface area (Å²) in [5, 5.41) is 0.512. The monoisotopic (exact) mass is 191 g/mol. The number of fused-ring (bicyclic) bond motifs is 1. The van der Waals surface area contributed by atoms with Gasteiger partial charge < -0.3 is 4.52 Å². The highest BCUT2D eigenvalue weighted by atomic mass is 16.5. The molecule has 0 radical (unpaired) electrons. The molecule has 0 aliphatic rings. The van der Waals surface area contributed by atoms with Crippen LogP contribution in [0.25, 0.3) is 10.9 Å². The standard InChI is InChI=1S/C10H9NO3/c1-2-11-9-5-7(6-12)3-4-8(9)10(13)14-11/h3-6H,2H2,1H3. The summed E-state index contributed by atoms with van der Waals surface area (Å²) in [7, 11) is 0. The number of nitrogens with zero attached hydrogens (tertiary/aromatic N) is 1. The van der Waals surface area contributed by atoms with Crippen LogP contribution in [0.5, 0.6) is 0 Å². The highest BCUT2D eigenvalue weighted by Gasteiger charge is 2.07. The van der Waals surface area contributed by atoms with E-state index in [0.717, 1.165) is 6.29 Å². The van der Waals surface area contributed by atoms with Crippen molar-refractivity contribution in [3.05, 3.63) is 34.2 Å². The summed E-state index contributed by atoms with van der Waals surface area (Å²) >= 11 is 0. The highest BCUT2D eigenvalue weighted by molar-refractivity contribution is 5.86. The number of hydrogen-bond donors (Lipinski definition) is 0. The maximum Gasteiger partial charge on any atom is 0.365 e. The first-order chi connectivity index (χ1) is 6.76. The number of hydrogen-bond acceptors (Lipinski definition) is 3. The number of benzene rings is 1. The van der Waals surface area contributed by atoms with E-state index >= 15 is 0 Å². The third kappa shape index (κ3) is 1.16. The summed E-state index contributed by atoms with van der Waals surface area (Å²) in [6.07, 6.45) is 0.747. The third-order valence-corrected chi connectivity index (χ3v) is 2.13. The van der Waals surface area contributed by atoms with Gasteiger partial charge in [0.15, 0.2) is 0 Å². The fourth-order valence-electron chi connectivity index (χ4n) is 1.43. The average Bonchev–Trinajstić information content (AvgIpc) is 2.55. The van der Waals surface area contributed by atoms with E-state index in [1.165, 1.54) is 4.74 Å². The van der Waals surface area contributed by atoms with Gasteiger partial charge in [-0.05, 0) is 19.1 Å². The van der Waals surface area contributed by atoms with Crippen LogP contribution in [0.3, 0.4) is 0 Å². The summed E-state index contributed by atoms with van der Waals surface area (Å²) in [4.78, 5) is 21.8. The van der Waals surface area contributed by atoms with Gasteiger partial charge in [-0.3, -0.25) is 4.79 Å². The molecule has 2 rings (SSSR count). The van der Waals surface area contributed by atoms with E-state index in [2.05, 4.69) is 0 Å². The lowest BCUT2D eigenvalue weighted by Crippen LogP contribution is -1.93. The van der Waals surface area contributed by atoms with E-state index in [0.29, 0.717) is 23.0 Å². The predicted octanol–water partition coefficient (Wildman–Crippen LogP) is 1.43. The molecule has 4 nitrogen and oxygen atoms in total. The van der Waals surface area contributed by atoms with Gasteiger partial charge in [0.05, 0.1) is 17.4 Å². The number of aldehydes is 1. The highest BCUT2D eigenvalue weighted by Crippen LogP contribution is 2.12. The molecule has 1 aromatic carbocycles. The zero-order valence-corrected chi connectivity index (χ0v) is 7.69. The zero-order valence-electron chi connectivity index (χ0n) is 7.69. The molecule has 1 aromatic heterocycles. The Kier molecular flexibility index (Phi) is 1.96. The Morgan fingerprint density at radius 3 is 2.93 bits per heavy atom. The van der Waals surface area contributed by atoms with Crippen LogP contribution < -0.4 is 5.63 Å². The molecule has 1 heterocycles. The molecule has 4 heteroatoms. The molecular weight excluding hydrogens is 182 g/mol. The average molecular weight is 191 g/mol. The second kappa shape index (κ2) is 3.14. The summed E-state index contributed by atoms with van der Waals surface area (Å²) in [5.74, 6) is 0. The molecule has 72 valence electrons. The summed E-state index contributed by atoms with van der Waals surface area (Å²) in [6.45, 7) is 2.44. The van der Waals surface area contributed by atoms with Crippen molar-refractivity contribution in [2.75, 3.05) is 0 Å². The van der Waals surface area contributed by atoms with Gasteiger partial charge in [0, 0.05) is 5.56 Å².